The van der Waals surface area contributed by atoms with Gasteiger partial charge in [0.05, 0.1) is 12.6 Å². The summed E-state index contributed by atoms with van der Waals surface area (Å²) < 4.78 is 5.60. The predicted octanol–water partition coefficient (Wildman–Crippen LogP) is 5.36. The second kappa shape index (κ2) is 13.8. The zero-order valence-corrected chi connectivity index (χ0v) is 21.9. The molecule has 2 saturated carbocycles. The lowest BCUT2D eigenvalue weighted by Crippen LogP contribution is -2.45. The number of nitrogens with one attached hydrogen (secondary N) is 1. The molecule has 1 aromatic carbocycles. The van der Waals surface area contributed by atoms with E-state index in [0.717, 1.165) is 50.6 Å². The molecule has 2 aliphatic carbocycles. The maximum absolute atomic E-state index is 13.0. The van der Waals surface area contributed by atoms with Gasteiger partial charge < -0.3 is 15.0 Å². The molecule has 0 spiro atoms. The van der Waals surface area contributed by atoms with Crippen LogP contribution in [-0.4, -0.2) is 54.8 Å². The van der Waals surface area contributed by atoms with Gasteiger partial charge in [0.25, 0.3) is 5.91 Å². The number of nitrogens with zero attached hydrogens (tertiary/aromatic N) is 1. The van der Waals surface area contributed by atoms with Crippen LogP contribution in [0.2, 0.25) is 0 Å². The van der Waals surface area contributed by atoms with Crippen molar-refractivity contribution in [1.82, 2.24) is 10.2 Å². The molecule has 3 aliphatic rings. The molecule has 1 heterocycles. The van der Waals surface area contributed by atoms with Gasteiger partial charge in [-0.3, -0.25) is 14.4 Å². The molecule has 1 aliphatic heterocycles. The van der Waals surface area contributed by atoms with Gasteiger partial charge in [-0.15, -0.1) is 0 Å². The molecule has 0 bridgehead atoms. The Morgan fingerprint density at radius 2 is 1.80 bits per heavy atom. The number of rotatable bonds is 9. The summed E-state index contributed by atoms with van der Waals surface area (Å²) in [5.41, 5.74) is 1.67. The van der Waals surface area contributed by atoms with Gasteiger partial charge >= 0.3 is 0 Å². The van der Waals surface area contributed by atoms with E-state index in [0.29, 0.717) is 24.6 Å². The molecule has 4 rings (SSSR count). The molecule has 0 aromatic heterocycles. The summed E-state index contributed by atoms with van der Waals surface area (Å²) in [6.07, 6.45) is 9.85. The van der Waals surface area contributed by atoms with E-state index in [-0.39, 0.29) is 37.5 Å². The molecule has 35 heavy (non-hydrogen) atoms. The van der Waals surface area contributed by atoms with E-state index >= 15 is 0 Å². The molecular weight excluding hydrogens is 440 g/mol. The van der Waals surface area contributed by atoms with Gasteiger partial charge in [-0.05, 0) is 75.0 Å². The molecule has 2 amide bonds. The Balaban J connectivity index is 0.00000148. The average molecular weight is 487 g/mol. The highest BCUT2D eigenvalue weighted by atomic mass is 16.5. The van der Waals surface area contributed by atoms with Gasteiger partial charge in [-0.2, -0.15) is 0 Å². The lowest BCUT2D eigenvalue weighted by atomic mass is 9.82. The number of amides is 2. The summed E-state index contributed by atoms with van der Waals surface area (Å²) in [6.45, 7) is 7.87. The summed E-state index contributed by atoms with van der Waals surface area (Å²) in [7, 11) is 0. The van der Waals surface area contributed by atoms with Crippen molar-refractivity contribution < 1.29 is 20.5 Å². The molecule has 6 nitrogen and oxygen atoms in total. The Hall–Kier alpha value is -2.21. The Kier molecular flexibility index (Phi) is 10.8. The van der Waals surface area contributed by atoms with Crippen LogP contribution in [0.25, 0.3) is 0 Å². The topological polar surface area (TPSA) is 75.7 Å². The number of Topliss-reactive ketones (excluding diaryl/α,β-unsaturated/α-hetero) is 1. The minimum atomic E-state index is -0.403. The molecule has 2 atom stereocenters. The number of ether oxygens (including phenoxy) is 1. The van der Waals surface area contributed by atoms with Crippen molar-refractivity contribution in [2.45, 2.75) is 90.5 Å². The summed E-state index contributed by atoms with van der Waals surface area (Å²) in [4.78, 5) is 39.8. The largest absolute Gasteiger partial charge is 0.371 e. The van der Waals surface area contributed by atoms with Crippen molar-refractivity contribution in [1.29, 1.82) is 0 Å². The van der Waals surface area contributed by atoms with Gasteiger partial charge in [0.1, 0.15) is 6.61 Å². The highest BCUT2D eigenvalue weighted by Crippen LogP contribution is 2.30. The Labute approximate surface area is 212 Å². The number of ketones is 1. The first-order valence-electron chi connectivity index (χ1n) is 13.8. The molecule has 1 N–H and O–H groups in total. The van der Waals surface area contributed by atoms with Crippen molar-refractivity contribution in [2.75, 3.05) is 26.3 Å². The fraction of sp³-hybridized carbons (Fsp3) is 0.690. The van der Waals surface area contributed by atoms with E-state index in [1.165, 1.54) is 19.3 Å². The number of carbonyl (C=O) groups excluding carboxylic acids is 3. The molecule has 196 valence electrons. The van der Waals surface area contributed by atoms with E-state index in [1.54, 1.807) is 6.92 Å². The molecule has 1 saturated heterocycles. The van der Waals surface area contributed by atoms with E-state index in [4.69, 9.17) is 4.74 Å². The molecule has 6 heteroatoms. The van der Waals surface area contributed by atoms with E-state index < -0.39 is 6.04 Å². The monoisotopic (exact) mass is 486 g/mol. The highest BCUT2D eigenvalue weighted by Gasteiger charge is 2.30. The van der Waals surface area contributed by atoms with Gasteiger partial charge in [0.2, 0.25) is 5.91 Å². The fourth-order valence-corrected chi connectivity index (χ4v) is 5.34. The number of carbonyl (C=O) groups is 3. The third-order valence-corrected chi connectivity index (χ3v) is 7.52. The van der Waals surface area contributed by atoms with E-state index in [1.807, 2.05) is 43.0 Å². The number of hydrogen-bond donors (Lipinski definition) is 1. The van der Waals surface area contributed by atoms with Gasteiger partial charge in [0.15, 0.2) is 5.78 Å². The van der Waals surface area contributed by atoms with E-state index in [2.05, 4.69) is 5.32 Å². The zero-order chi connectivity index (χ0) is 25.2. The second-order valence-corrected chi connectivity index (χ2v) is 10.2. The Bertz CT molecular complexity index is 851. The highest BCUT2D eigenvalue weighted by molar-refractivity contribution is 5.97. The maximum atomic E-state index is 13.0. The number of benzene rings is 1. The van der Waals surface area contributed by atoms with Crippen LogP contribution >= 0.6 is 0 Å². The van der Waals surface area contributed by atoms with Gasteiger partial charge in [-0.1, -0.05) is 45.2 Å². The van der Waals surface area contributed by atoms with Crippen LogP contribution < -0.4 is 5.32 Å². The fourth-order valence-electron chi connectivity index (χ4n) is 5.34. The Morgan fingerprint density at radius 1 is 1.06 bits per heavy atom. The van der Waals surface area contributed by atoms with Crippen LogP contribution in [-0.2, 0) is 14.3 Å². The number of likely N-dealkylation sites (tertiary alicyclic amines) is 1. The Morgan fingerprint density at radius 3 is 2.49 bits per heavy atom. The standard InChI is InChI=1S/C27H38N2O4.C2H6.H2/c1-19(30)26(21-7-3-2-4-8-21)28-27(32)23-10-5-9-22(15-23)24-11-6-14-29(16-24)25(31)18-33-17-20-12-13-20;1-2;/h5,9-10,15,20-21,24,26H,2-4,6-8,11-14,16-18H2,1H3,(H,28,32);1-2H3;1H/t24?,26-;;/m0../s1. The first-order valence-corrected chi connectivity index (χ1v) is 13.8. The summed E-state index contributed by atoms with van der Waals surface area (Å²) in [5, 5.41) is 3.03. The number of hydrogen-bond acceptors (Lipinski definition) is 4. The molecule has 1 unspecified atom stereocenters. The summed E-state index contributed by atoms with van der Waals surface area (Å²) >= 11 is 0. The van der Waals surface area contributed by atoms with Crippen molar-refractivity contribution in [3.63, 3.8) is 0 Å². The maximum Gasteiger partial charge on any atom is 0.251 e. The average Bonchev–Trinajstić information content (AvgIpc) is 3.73. The minimum absolute atomic E-state index is 0. The first kappa shape index (κ1) is 27.4. The summed E-state index contributed by atoms with van der Waals surface area (Å²) in [6, 6.07) is 7.31. The zero-order valence-electron chi connectivity index (χ0n) is 21.9. The SMILES string of the molecule is CC.CC(=O)[C@H](NC(=O)c1cccc(C2CCCN(C(=O)COCC3CC3)C2)c1)C1CCCCC1.[HH]. The van der Waals surface area contributed by atoms with Crippen molar-refractivity contribution in [3.05, 3.63) is 35.4 Å². The summed E-state index contributed by atoms with van der Waals surface area (Å²) in [5.74, 6) is 1.02. The van der Waals surface area contributed by atoms with Crippen LogP contribution in [0.15, 0.2) is 24.3 Å². The number of piperidine rings is 1. The second-order valence-electron chi connectivity index (χ2n) is 10.2. The smallest absolute Gasteiger partial charge is 0.251 e. The van der Waals surface area contributed by atoms with Crippen LogP contribution in [0.5, 0.6) is 0 Å². The lowest BCUT2D eigenvalue weighted by Gasteiger charge is -2.33. The van der Waals surface area contributed by atoms with Crippen LogP contribution in [0.1, 0.15) is 102 Å². The van der Waals surface area contributed by atoms with Gasteiger partial charge in [0, 0.05) is 26.0 Å². The van der Waals surface area contributed by atoms with Gasteiger partial charge in [-0.25, -0.2) is 0 Å². The van der Waals surface area contributed by atoms with Crippen molar-refractivity contribution in [2.24, 2.45) is 11.8 Å². The van der Waals surface area contributed by atoms with Crippen LogP contribution in [0.3, 0.4) is 0 Å². The normalized spacial score (nSPS) is 21.5. The van der Waals surface area contributed by atoms with E-state index in [9.17, 15) is 14.4 Å². The molecule has 0 radical (unpaired) electrons. The predicted molar refractivity (Wildman–Crippen MR) is 141 cm³/mol. The van der Waals surface area contributed by atoms with Crippen molar-refractivity contribution in [3.8, 4) is 0 Å². The molecule has 3 fully saturated rings. The lowest BCUT2D eigenvalue weighted by molar-refractivity contribution is -0.137. The third-order valence-electron chi connectivity index (χ3n) is 7.52. The quantitative estimate of drug-likeness (QED) is 0.510. The third kappa shape index (κ3) is 8.16. The molecular formula is C29H46N2O4. The van der Waals surface area contributed by atoms with Crippen LogP contribution in [0, 0.1) is 11.8 Å². The van der Waals surface area contributed by atoms with Crippen LogP contribution in [0.4, 0.5) is 0 Å². The first-order chi connectivity index (χ1) is 17.0. The van der Waals surface area contributed by atoms with Crippen molar-refractivity contribution >= 4 is 17.6 Å². The minimum Gasteiger partial charge on any atom is -0.371 e. The molecule has 1 aromatic rings.